The van der Waals surface area contributed by atoms with Crippen molar-refractivity contribution in [3.05, 3.63) is 0 Å². The fourth-order valence-electron chi connectivity index (χ4n) is 0.151. The summed E-state index contributed by atoms with van der Waals surface area (Å²) in [6, 6.07) is 0. The molecule has 0 fully saturated rings. The van der Waals surface area contributed by atoms with Crippen LogP contribution in [0.5, 0.6) is 0 Å². The molecule has 0 aliphatic heterocycles. The van der Waals surface area contributed by atoms with Crippen LogP contribution in [-0.4, -0.2) is 21.9 Å². The molecule has 0 spiro atoms. The van der Waals surface area contributed by atoms with Crippen LogP contribution < -0.4 is 5.73 Å². The second-order valence-corrected chi connectivity index (χ2v) is 1.58. The van der Waals surface area contributed by atoms with Crippen molar-refractivity contribution in [2.75, 3.05) is 0 Å². The molecule has 0 bridgehead atoms. The van der Waals surface area contributed by atoms with Crippen molar-refractivity contribution in [2.24, 2.45) is 5.73 Å². The Labute approximate surface area is 46.9 Å². The van der Waals surface area contributed by atoms with Gasteiger partial charge in [0.05, 0.1) is 0 Å². The molecule has 0 heterocycles. The van der Waals surface area contributed by atoms with Crippen LogP contribution >= 0.6 is 0 Å². The van der Waals surface area contributed by atoms with Gasteiger partial charge in [0.25, 0.3) is 0 Å². The van der Waals surface area contributed by atoms with Gasteiger partial charge in [-0.2, -0.15) is 0 Å². The normalized spacial score (nSPS) is 17.4. The summed E-state index contributed by atoms with van der Waals surface area (Å²) in [5.41, 5.74) is 2.77. The lowest BCUT2D eigenvalue weighted by Gasteiger charge is -2.13. The molecule has 8 heavy (non-hydrogen) atoms. The van der Waals surface area contributed by atoms with Gasteiger partial charge in [-0.25, -0.2) is 4.79 Å². The Morgan fingerprint density at radius 2 is 2.25 bits per heavy atom. The van der Waals surface area contributed by atoms with Gasteiger partial charge in [-0.05, 0) is 6.42 Å². The highest BCUT2D eigenvalue weighted by Crippen LogP contribution is 1.98. The van der Waals surface area contributed by atoms with Crippen molar-refractivity contribution in [1.29, 1.82) is 0 Å². The van der Waals surface area contributed by atoms with Crippen molar-refractivity contribution in [3.8, 4) is 0 Å². The van der Waals surface area contributed by atoms with Gasteiger partial charge in [-0.1, -0.05) is 6.92 Å². The number of carboxylic acids is 1. The van der Waals surface area contributed by atoms with E-state index in [1.807, 2.05) is 0 Å². The minimum atomic E-state index is -2.04. The number of aliphatic hydroxyl groups is 1. The summed E-state index contributed by atoms with van der Waals surface area (Å²) in [6.07, 6.45) is 0.0162. The highest BCUT2D eigenvalue weighted by molar-refractivity contribution is 5.75. The molecule has 0 saturated carbocycles. The van der Waals surface area contributed by atoms with E-state index in [0.717, 1.165) is 0 Å². The summed E-state index contributed by atoms with van der Waals surface area (Å²) >= 11 is 0. The smallest absolute Gasteiger partial charge is 0.350 e. The lowest BCUT2D eigenvalue weighted by molar-refractivity contribution is -0.158. The fraction of sp³-hybridized carbons (Fsp3) is 0.750. The van der Waals surface area contributed by atoms with Crippen molar-refractivity contribution in [2.45, 2.75) is 19.1 Å². The molecule has 0 radical (unpaired) electrons. The molecule has 48 valence electrons. The minimum Gasteiger partial charge on any atom is -0.478 e. The maximum Gasteiger partial charge on any atom is 0.350 e. The average Bonchev–Trinajstić information content (AvgIpc) is 1.67. The number of carbonyl (C=O) groups is 1. The number of hydrogen-bond donors (Lipinski definition) is 3. The van der Waals surface area contributed by atoms with Gasteiger partial charge < -0.3 is 10.2 Å². The van der Waals surface area contributed by atoms with E-state index in [1.165, 1.54) is 6.92 Å². The predicted octanol–water partition coefficient (Wildman–Crippen LogP) is -0.872. The Balaban J connectivity index is 3.91. The molecule has 4 nitrogen and oxygen atoms in total. The molecule has 4 heteroatoms. The van der Waals surface area contributed by atoms with E-state index in [9.17, 15) is 4.79 Å². The first-order valence-electron chi connectivity index (χ1n) is 2.25. The van der Waals surface area contributed by atoms with Crippen molar-refractivity contribution in [1.82, 2.24) is 0 Å². The van der Waals surface area contributed by atoms with Crippen molar-refractivity contribution >= 4 is 5.97 Å². The first-order valence-corrected chi connectivity index (χ1v) is 2.25. The molecule has 0 aliphatic rings. The van der Waals surface area contributed by atoms with Gasteiger partial charge in [-0.3, -0.25) is 5.73 Å². The summed E-state index contributed by atoms with van der Waals surface area (Å²) in [4.78, 5) is 9.88. The van der Waals surface area contributed by atoms with E-state index in [0.29, 0.717) is 0 Å². The van der Waals surface area contributed by atoms with Crippen LogP contribution in [0.4, 0.5) is 0 Å². The van der Waals surface area contributed by atoms with Crippen LogP contribution in [0.3, 0.4) is 0 Å². The fourth-order valence-corrected chi connectivity index (χ4v) is 0.151. The highest BCUT2D eigenvalue weighted by atomic mass is 16.4. The molecule has 0 saturated heterocycles. The van der Waals surface area contributed by atoms with Crippen LogP contribution in [0.2, 0.25) is 0 Å². The van der Waals surface area contributed by atoms with Gasteiger partial charge in [0.1, 0.15) is 0 Å². The lowest BCUT2D eigenvalue weighted by Crippen LogP contribution is -2.46. The maximum absolute atomic E-state index is 9.88. The van der Waals surface area contributed by atoms with Gasteiger partial charge in [0.2, 0.25) is 5.72 Å². The third-order valence-electron chi connectivity index (χ3n) is 0.909. The maximum atomic E-state index is 9.88. The van der Waals surface area contributed by atoms with Crippen LogP contribution in [0.25, 0.3) is 0 Å². The standard InChI is InChI=1S/C4H9NO3/c1-2-4(5,8)3(6)7/h8H,2,5H2,1H3,(H,6,7)/t4-/m0/s1. The Morgan fingerprint density at radius 1 is 1.88 bits per heavy atom. The Morgan fingerprint density at radius 3 is 2.25 bits per heavy atom. The van der Waals surface area contributed by atoms with E-state index < -0.39 is 11.7 Å². The summed E-state index contributed by atoms with van der Waals surface area (Å²) in [5, 5.41) is 16.6. The molecule has 0 aliphatic carbocycles. The number of carboxylic acid groups (broad SMARTS) is 1. The van der Waals surface area contributed by atoms with Gasteiger partial charge >= 0.3 is 5.97 Å². The largest absolute Gasteiger partial charge is 0.478 e. The average molecular weight is 119 g/mol. The quantitative estimate of drug-likeness (QED) is 0.412. The van der Waals surface area contributed by atoms with Gasteiger partial charge in [0, 0.05) is 0 Å². The molecule has 0 unspecified atom stereocenters. The number of rotatable bonds is 2. The van der Waals surface area contributed by atoms with Gasteiger partial charge in [-0.15, -0.1) is 0 Å². The number of aliphatic carboxylic acids is 1. The minimum absolute atomic E-state index is 0.0162. The molecular weight excluding hydrogens is 110 g/mol. The molecular formula is C4H9NO3. The van der Waals surface area contributed by atoms with Crippen LogP contribution in [0.15, 0.2) is 0 Å². The SMILES string of the molecule is CC[C@](N)(O)C(=O)O. The molecule has 4 N–H and O–H groups in total. The number of nitrogens with two attached hydrogens (primary N) is 1. The van der Waals surface area contributed by atoms with Crippen LogP contribution in [0, 0.1) is 0 Å². The van der Waals surface area contributed by atoms with Crippen molar-refractivity contribution < 1.29 is 15.0 Å². The van der Waals surface area contributed by atoms with E-state index in [2.05, 4.69) is 0 Å². The monoisotopic (exact) mass is 119 g/mol. The Kier molecular flexibility index (Phi) is 1.94. The van der Waals surface area contributed by atoms with Crippen LogP contribution in [-0.2, 0) is 4.79 Å². The summed E-state index contributed by atoms with van der Waals surface area (Å²) in [7, 11) is 0. The lowest BCUT2D eigenvalue weighted by atomic mass is 10.2. The summed E-state index contributed by atoms with van der Waals surface area (Å²) in [6.45, 7) is 1.49. The third-order valence-corrected chi connectivity index (χ3v) is 0.909. The summed E-state index contributed by atoms with van der Waals surface area (Å²) in [5.74, 6) is -1.39. The first-order chi connectivity index (χ1) is 3.50. The zero-order valence-electron chi connectivity index (χ0n) is 4.59. The summed E-state index contributed by atoms with van der Waals surface area (Å²) < 4.78 is 0. The van der Waals surface area contributed by atoms with E-state index in [-0.39, 0.29) is 6.42 Å². The Hall–Kier alpha value is -0.610. The van der Waals surface area contributed by atoms with E-state index in [4.69, 9.17) is 15.9 Å². The molecule has 0 aromatic carbocycles. The van der Waals surface area contributed by atoms with E-state index >= 15 is 0 Å². The third kappa shape index (κ3) is 1.48. The number of hydrogen-bond acceptors (Lipinski definition) is 3. The first kappa shape index (κ1) is 7.39. The zero-order chi connectivity index (χ0) is 6.78. The predicted molar refractivity (Wildman–Crippen MR) is 27.1 cm³/mol. The molecule has 0 amide bonds. The molecule has 1 atom stereocenters. The zero-order valence-corrected chi connectivity index (χ0v) is 4.59. The Bertz CT molecular complexity index is 99.5. The molecule has 0 aromatic rings. The molecule has 0 rings (SSSR count). The topological polar surface area (TPSA) is 83.5 Å². The second kappa shape index (κ2) is 2.11. The van der Waals surface area contributed by atoms with Crippen LogP contribution in [0.1, 0.15) is 13.3 Å². The molecule has 0 aromatic heterocycles. The van der Waals surface area contributed by atoms with Crippen molar-refractivity contribution in [3.63, 3.8) is 0 Å². The highest BCUT2D eigenvalue weighted by Gasteiger charge is 2.27. The van der Waals surface area contributed by atoms with E-state index in [1.54, 1.807) is 0 Å². The van der Waals surface area contributed by atoms with Gasteiger partial charge in [0.15, 0.2) is 0 Å². The second-order valence-electron chi connectivity index (χ2n) is 1.58.